The van der Waals surface area contributed by atoms with Crippen LogP contribution >= 0.6 is 0 Å². The molecule has 8 heteroatoms. The summed E-state index contributed by atoms with van der Waals surface area (Å²) < 4.78 is 0. The molecule has 0 atom stereocenters. The van der Waals surface area contributed by atoms with Gasteiger partial charge in [-0.25, -0.2) is 9.97 Å². The molecule has 0 amide bonds. The average molecular weight is 286 g/mol. The van der Waals surface area contributed by atoms with Gasteiger partial charge in [0, 0.05) is 12.4 Å². The summed E-state index contributed by atoms with van der Waals surface area (Å²) in [7, 11) is 0. The van der Waals surface area contributed by atoms with Crippen LogP contribution in [0.4, 0.5) is 11.6 Å². The lowest BCUT2D eigenvalue weighted by Crippen LogP contribution is -2.45. The van der Waals surface area contributed by atoms with Gasteiger partial charge in [0.1, 0.15) is 0 Å². The molecule has 6 N–H and O–H groups in total. The Bertz CT molecular complexity index is 383. The van der Waals surface area contributed by atoms with Crippen LogP contribution in [-0.4, -0.2) is 67.9 Å². The van der Waals surface area contributed by atoms with Crippen molar-refractivity contribution in [3.63, 3.8) is 0 Å². The van der Waals surface area contributed by atoms with Crippen LogP contribution in [0.1, 0.15) is 13.8 Å². The Kier molecular flexibility index (Phi) is 5.63. The van der Waals surface area contributed by atoms with Gasteiger partial charge < -0.3 is 31.1 Å². The lowest BCUT2D eigenvalue weighted by molar-refractivity contribution is 0.145. The molecule has 0 aliphatic heterocycles. The number of anilines is 2. The van der Waals surface area contributed by atoms with Crippen molar-refractivity contribution in [2.45, 2.75) is 24.9 Å². The molecule has 0 fully saturated rings. The number of hydrogen-bond acceptors (Lipinski definition) is 8. The van der Waals surface area contributed by atoms with Crippen molar-refractivity contribution in [2.24, 2.45) is 0 Å². The summed E-state index contributed by atoms with van der Waals surface area (Å²) in [5, 5.41) is 43.0. The van der Waals surface area contributed by atoms with E-state index >= 15 is 0 Å². The Morgan fingerprint density at radius 3 is 1.35 bits per heavy atom. The first kappa shape index (κ1) is 16.6. The maximum atomic E-state index is 9.29. The SMILES string of the molecule is CC(CO)(CO)Nc1nccnc1NC(C)(CO)CO. The van der Waals surface area contributed by atoms with Crippen molar-refractivity contribution < 1.29 is 20.4 Å². The highest BCUT2D eigenvalue weighted by molar-refractivity contribution is 5.61. The third-order valence-corrected chi connectivity index (χ3v) is 2.93. The third-order valence-electron chi connectivity index (χ3n) is 2.93. The molecule has 1 rings (SSSR count). The van der Waals surface area contributed by atoms with Crippen LogP contribution in [0.5, 0.6) is 0 Å². The molecule has 114 valence electrons. The van der Waals surface area contributed by atoms with Crippen molar-refractivity contribution in [2.75, 3.05) is 37.1 Å². The monoisotopic (exact) mass is 286 g/mol. The maximum Gasteiger partial charge on any atom is 0.169 e. The van der Waals surface area contributed by atoms with Crippen molar-refractivity contribution in [1.29, 1.82) is 0 Å². The first-order valence-corrected chi connectivity index (χ1v) is 6.23. The number of nitrogens with zero attached hydrogens (tertiary/aromatic N) is 2. The molecule has 20 heavy (non-hydrogen) atoms. The van der Waals surface area contributed by atoms with Crippen LogP contribution < -0.4 is 10.6 Å². The molecule has 0 aliphatic rings. The van der Waals surface area contributed by atoms with E-state index in [9.17, 15) is 20.4 Å². The highest BCUT2D eigenvalue weighted by Crippen LogP contribution is 2.22. The van der Waals surface area contributed by atoms with Gasteiger partial charge in [-0.3, -0.25) is 0 Å². The standard InChI is InChI=1S/C12H22N4O4/c1-11(5-17,6-18)15-9-10(14-4-3-13-9)16-12(2,7-19)8-20/h3-4,17-20H,5-8H2,1-2H3,(H,13,15)(H,14,16). The molecule has 0 bridgehead atoms. The molecule has 1 heterocycles. The lowest BCUT2D eigenvalue weighted by atomic mass is 10.0. The summed E-state index contributed by atoms with van der Waals surface area (Å²) >= 11 is 0. The van der Waals surface area contributed by atoms with E-state index in [0.717, 1.165) is 0 Å². The molecule has 0 radical (unpaired) electrons. The van der Waals surface area contributed by atoms with E-state index in [1.165, 1.54) is 12.4 Å². The van der Waals surface area contributed by atoms with E-state index in [1.807, 2.05) is 0 Å². The molecule has 1 aromatic heterocycles. The average Bonchev–Trinajstić information content (AvgIpc) is 2.49. The van der Waals surface area contributed by atoms with Crippen LogP contribution in [-0.2, 0) is 0 Å². The van der Waals surface area contributed by atoms with E-state index in [4.69, 9.17) is 0 Å². The maximum absolute atomic E-state index is 9.29. The van der Waals surface area contributed by atoms with Gasteiger partial charge in [-0.05, 0) is 13.8 Å². The van der Waals surface area contributed by atoms with Gasteiger partial charge in [-0.15, -0.1) is 0 Å². The minimum absolute atomic E-state index is 0.295. The fraction of sp³-hybridized carbons (Fsp3) is 0.667. The van der Waals surface area contributed by atoms with Crippen molar-refractivity contribution >= 4 is 11.6 Å². The largest absolute Gasteiger partial charge is 0.394 e. The quantitative estimate of drug-likeness (QED) is 0.351. The molecule has 0 saturated heterocycles. The second kappa shape index (κ2) is 6.80. The number of aromatic nitrogens is 2. The van der Waals surface area contributed by atoms with Crippen molar-refractivity contribution in [3.05, 3.63) is 12.4 Å². The molecule has 0 aliphatic carbocycles. The second-order valence-corrected chi connectivity index (χ2v) is 5.26. The van der Waals surface area contributed by atoms with Gasteiger partial charge in [0.25, 0.3) is 0 Å². The molecule has 0 aromatic carbocycles. The predicted molar refractivity (Wildman–Crippen MR) is 74.4 cm³/mol. The van der Waals surface area contributed by atoms with Crippen molar-refractivity contribution in [1.82, 2.24) is 9.97 Å². The minimum Gasteiger partial charge on any atom is -0.394 e. The van der Waals surface area contributed by atoms with Gasteiger partial charge in [-0.1, -0.05) is 0 Å². The second-order valence-electron chi connectivity index (χ2n) is 5.26. The molecular weight excluding hydrogens is 264 g/mol. The van der Waals surface area contributed by atoms with Gasteiger partial charge in [0.2, 0.25) is 0 Å². The Morgan fingerprint density at radius 2 is 1.10 bits per heavy atom. The van der Waals surface area contributed by atoms with Crippen LogP contribution in [0.25, 0.3) is 0 Å². The fourth-order valence-corrected chi connectivity index (χ4v) is 1.35. The zero-order chi connectivity index (χ0) is 15.2. The van der Waals surface area contributed by atoms with E-state index in [1.54, 1.807) is 13.8 Å². The number of aliphatic hydroxyl groups is 4. The van der Waals surface area contributed by atoms with E-state index < -0.39 is 11.1 Å². The van der Waals surface area contributed by atoms with E-state index in [2.05, 4.69) is 20.6 Å². The number of aliphatic hydroxyl groups excluding tert-OH is 4. The molecule has 1 aromatic rings. The van der Waals surface area contributed by atoms with Crippen LogP contribution in [0.3, 0.4) is 0 Å². The summed E-state index contributed by atoms with van der Waals surface area (Å²) in [6.45, 7) is 2.08. The summed E-state index contributed by atoms with van der Waals surface area (Å²) in [6, 6.07) is 0. The Morgan fingerprint density at radius 1 is 0.800 bits per heavy atom. The summed E-state index contributed by atoms with van der Waals surface area (Å²) in [5.41, 5.74) is -1.91. The zero-order valence-corrected chi connectivity index (χ0v) is 11.7. The molecule has 0 unspecified atom stereocenters. The first-order valence-electron chi connectivity index (χ1n) is 6.23. The van der Waals surface area contributed by atoms with Gasteiger partial charge in [0.05, 0.1) is 37.5 Å². The van der Waals surface area contributed by atoms with Crippen LogP contribution in [0.2, 0.25) is 0 Å². The number of rotatable bonds is 8. The molecule has 0 spiro atoms. The molecule has 0 saturated carbocycles. The summed E-state index contributed by atoms with van der Waals surface area (Å²) in [6.07, 6.45) is 2.91. The highest BCUT2D eigenvalue weighted by atomic mass is 16.3. The lowest BCUT2D eigenvalue weighted by Gasteiger charge is -2.31. The number of nitrogens with one attached hydrogen (secondary N) is 2. The number of hydrogen-bond donors (Lipinski definition) is 6. The normalized spacial score (nSPS) is 12.3. The predicted octanol–water partition coefficient (Wildman–Crippen LogP) is -1.21. The summed E-state index contributed by atoms with van der Waals surface area (Å²) in [4.78, 5) is 8.18. The van der Waals surface area contributed by atoms with Gasteiger partial charge in [-0.2, -0.15) is 0 Å². The third kappa shape index (κ3) is 4.01. The Labute approximate surface area is 117 Å². The first-order chi connectivity index (χ1) is 9.42. The van der Waals surface area contributed by atoms with Crippen LogP contribution in [0, 0.1) is 0 Å². The smallest absolute Gasteiger partial charge is 0.169 e. The van der Waals surface area contributed by atoms with Gasteiger partial charge >= 0.3 is 0 Å². The Hall–Kier alpha value is -1.48. The fourth-order valence-electron chi connectivity index (χ4n) is 1.35. The highest BCUT2D eigenvalue weighted by Gasteiger charge is 2.27. The molecule has 8 nitrogen and oxygen atoms in total. The van der Waals surface area contributed by atoms with Gasteiger partial charge in [0.15, 0.2) is 11.6 Å². The summed E-state index contributed by atoms with van der Waals surface area (Å²) in [5.74, 6) is 0.623. The molecular formula is C12H22N4O4. The van der Waals surface area contributed by atoms with Crippen LogP contribution in [0.15, 0.2) is 12.4 Å². The van der Waals surface area contributed by atoms with Crippen molar-refractivity contribution in [3.8, 4) is 0 Å². The topological polar surface area (TPSA) is 131 Å². The van der Waals surface area contributed by atoms with E-state index in [-0.39, 0.29) is 26.4 Å². The Balaban J connectivity index is 2.99. The van der Waals surface area contributed by atoms with E-state index in [0.29, 0.717) is 11.6 Å². The zero-order valence-electron chi connectivity index (χ0n) is 11.7. The minimum atomic E-state index is -0.957.